The Kier molecular flexibility index (Phi) is 7.90. The second kappa shape index (κ2) is 10.8. The number of hydrogen-bond acceptors (Lipinski definition) is 4. The molecule has 1 atom stereocenters. The molecule has 2 aromatic rings. The molecule has 1 aliphatic rings. The summed E-state index contributed by atoms with van der Waals surface area (Å²) < 4.78 is 11.1. The number of methoxy groups -OCH3 is 1. The molecule has 0 spiro atoms. The zero-order valence-corrected chi connectivity index (χ0v) is 18.3. The average molecular weight is 428 g/mol. The predicted octanol–water partition coefficient (Wildman–Crippen LogP) is 4.08. The standard InChI is InChI=1S/C23H29N3O3S/c1-17(16-29-21-9-5-4-8-20(21)28-2)24-23(30)25-19-12-10-18(11-13-19)22(27)26-14-6-3-7-15-26/h4-5,8-13,17H,3,6-7,14-16H2,1-2H3,(H2,24,25,30)/t17-/m0/s1. The predicted molar refractivity (Wildman–Crippen MR) is 124 cm³/mol. The Morgan fingerprint density at radius 3 is 2.40 bits per heavy atom. The first-order chi connectivity index (χ1) is 14.6. The van der Waals surface area contributed by atoms with E-state index in [4.69, 9.17) is 21.7 Å². The van der Waals surface area contributed by atoms with E-state index >= 15 is 0 Å². The van der Waals surface area contributed by atoms with Crippen LogP contribution in [0.1, 0.15) is 36.5 Å². The van der Waals surface area contributed by atoms with Crippen molar-refractivity contribution in [1.29, 1.82) is 0 Å². The molecule has 1 saturated heterocycles. The van der Waals surface area contributed by atoms with Crippen molar-refractivity contribution in [3.8, 4) is 11.5 Å². The van der Waals surface area contributed by atoms with Gasteiger partial charge in [-0.15, -0.1) is 0 Å². The maximum atomic E-state index is 12.6. The average Bonchev–Trinajstić information content (AvgIpc) is 2.78. The van der Waals surface area contributed by atoms with Crippen LogP contribution < -0.4 is 20.1 Å². The van der Waals surface area contributed by atoms with Gasteiger partial charge in [-0.3, -0.25) is 4.79 Å². The zero-order chi connectivity index (χ0) is 21.3. The minimum Gasteiger partial charge on any atom is -0.493 e. The van der Waals surface area contributed by atoms with Gasteiger partial charge in [0.15, 0.2) is 16.6 Å². The maximum Gasteiger partial charge on any atom is 0.253 e. The minimum atomic E-state index is -0.00475. The highest BCUT2D eigenvalue weighted by atomic mass is 32.1. The summed E-state index contributed by atoms with van der Waals surface area (Å²) in [6.07, 6.45) is 3.38. The lowest BCUT2D eigenvalue weighted by atomic mass is 10.1. The molecule has 0 unspecified atom stereocenters. The molecule has 0 saturated carbocycles. The van der Waals surface area contributed by atoms with Gasteiger partial charge in [-0.25, -0.2) is 0 Å². The number of para-hydroxylation sites is 2. The van der Waals surface area contributed by atoms with Crippen LogP contribution >= 0.6 is 12.2 Å². The lowest BCUT2D eigenvalue weighted by molar-refractivity contribution is 0.0724. The number of ether oxygens (including phenoxy) is 2. The number of likely N-dealkylation sites (tertiary alicyclic amines) is 1. The molecule has 30 heavy (non-hydrogen) atoms. The van der Waals surface area contributed by atoms with Crippen LogP contribution in [-0.2, 0) is 0 Å². The smallest absolute Gasteiger partial charge is 0.253 e. The summed E-state index contributed by atoms with van der Waals surface area (Å²) in [5.41, 5.74) is 1.54. The molecule has 1 heterocycles. The summed E-state index contributed by atoms with van der Waals surface area (Å²) >= 11 is 5.40. The number of benzene rings is 2. The lowest BCUT2D eigenvalue weighted by Crippen LogP contribution is -2.39. The van der Waals surface area contributed by atoms with Gasteiger partial charge in [-0.05, 0) is 74.8 Å². The number of hydrogen-bond donors (Lipinski definition) is 2. The highest BCUT2D eigenvalue weighted by Crippen LogP contribution is 2.25. The SMILES string of the molecule is COc1ccccc1OC[C@H](C)NC(=S)Nc1ccc(C(=O)N2CCCCC2)cc1. The van der Waals surface area contributed by atoms with E-state index in [2.05, 4.69) is 10.6 Å². The van der Waals surface area contributed by atoms with Gasteiger partial charge >= 0.3 is 0 Å². The van der Waals surface area contributed by atoms with Gasteiger partial charge in [0.05, 0.1) is 13.2 Å². The second-order valence-corrected chi connectivity index (χ2v) is 7.80. The van der Waals surface area contributed by atoms with Gasteiger partial charge in [0.25, 0.3) is 5.91 Å². The summed E-state index contributed by atoms with van der Waals surface area (Å²) in [6, 6.07) is 15.0. The Labute approximate surface area is 183 Å². The molecule has 3 rings (SSSR count). The summed E-state index contributed by atoms with van der Waals surface area (Å²) in [5.74, 6) is 1.50. The third-order valence-electron chi connectivity index (χ3n) is 4.97. The second-order valence-electron chi connectivity index (χ2n) is 7.39. The van der Waals surface area contributed by atoms with Crippen molar-refractivity contribution >= 4 is 28.9 Å². The number of anilines is 1. The van der Waals surface area contributed by atoms with Crippen LogP contribution in [-0.4, -0.2) is 48.8 Å². The Morgan fingerprint density at radius 2 is 1.73 bits per heavy atom. The molecule has 1 amide bonds. The number of carbonyl (C=O) groups is 1. The van der Waals surface area contributed by atoms with Crippen LogP contribution in [0.4, 0.5) is 5.69 Å². The minimum absolute atomic E-state index is 0.00475. The Morgan fingerprint density at radius 1 is 1.07 bits per heavy atom. The van der Waals surface area contributed by atoms with Crippen molar-refractivity contribution in [1.82, 2.24) is 10.2 Å². The molecule has 1 fully saturated rings. The lowest BCUT2D eigenvalue weighted by Gasteiger charge is -2.26. The third kappa shape index (κ3) is 6.10. The van der Waals surface area contributed by atoms with E-state index in [1.165, 1.54) is 6.42 Å². The number of nitrogens with zero attached hydrogens (tertiary/aromatic N) is 1. The monoisotopic (exact) mass is 427 g/mol. The van der Waals surface area contributed by atoms with Crippen molar-refractivity contribution in [2.24, 2.45) is 0 Å². The van der Waals surface area contributed by atoms with Crippen LogP contribution in [0.25, 0.3) is 0 Å². The molecule has 2 aromatic carbocycles. The summed E-state index contributed by atoms with van der Waals surface area (Å²) in [4.78, 5) is 14.5. The molecule has 0 radical (unpaired) electrons. The van der Waals surface area contributed by atoms with Gasteiger partial charge in [-0.2, -0.15) is 0 Å². The van der Waals surface area contributed by atoms with Crippen molar-refractivity contribution in [3.05, 3.63) is 54.1 Å². The van der Waals surface area contributed by atoms with Crippen molar-refractivity contribution in [3.63, 3.8) is 0 Å². The normalized spacial score (nSPS) is 14.5. The van der Waals surface area contributed by atoms with Crippen LogP contribution in [0.15, 0.2) is 48.5 Å². The molecule has 6 nitrogen and oxygen atoms in total. The van der Waals surface area contributed by atoms with Crippen molar-refractivity contribution < 1.29 is 14.3 Å². The molecular formula is C23H29N3O3S. The third-order valence-corrected chi connectivity index (χ3v) is 5.19. The van der Waals surface area contributed by atoms with E-state index in [0.29, 0.717) is 28.8 Å². The van der Waals surface area contributed by atoms with Crippen LogP contribution in [0, 0.1) is 0 Å². The molecular weight excluding hydrogens is 398 g/mol. The first kappa shape index (κ1) is 21.9. The first-order valence-corrected chi connectivity index (χ1v) is 10.7. The topological polar surface area (TPSA) is 62.8 Å². The fraction of sp³-hybridized carbons (Fsp3) is 0.391. The maximum absolute atomic E-state index is 12.6. The molecule has 160 valence electrons. The fourth-order valence-electron chi connectivity index (χ4n) is 3.36. The molecule has 0 aliphatic carbocycles. The zero-order valence-electron chi connectivity index (χ0n) is 17.5. The number of piperidine rings is 1. The highest BCUT2D eigenvalue weighted by Gasteiger charge is 2.18. The molecule has 0 bridgehead atoms. The first-order valence-electron chi connectivity index (χ1n) is 10.3. The number of carbonyl (C=O) groups excluding carboxylic acids is 1. The van der Waals surface area contributed by atoms with Gasteiger partial charge < -0.3 is 25.0 Å². The Balaban J connectivity index is 1.46. The highest BCUT2D eigenvalue weighted by molar-refractivity contribution is 7.80. The molecule has 1 aliphatic heterocycles. The Hall–Kier alpha value is -2.80. The van der Waals surface area contributed by atoms with Gasteiger partial charge in [0, 0.05) is 24.3 Å². The largest absolute Gasteiger partial charge is 0.493 e. The summed E-state index contributed by atoms with van der Waals surface area (Å²) in [7, 11) is 1.62. The summed E-state index contributed by atoms with van der Waals surface area (Å²) in [6.45, 7) is 4.12. The van der Waals surface area contributed by atoms with Gasteiger partial charge in [0.1, 0.15) is 6.61 Å². The van der Waals surface area contributed by atoms with Crippen molar-refractivity contribution in [2.75, 3.05) is 32.1 Å². The number of nitrogens with one attached hydrogen (secondary N) is 2. The molecule has 2 N–H and O–H groups in total. The van der Waals surface area contributed by atoms with E-state index in [0.717, 1.165) is 31.6 Å². The number of thiocarbonyl (C=S) groups is 1. The van der Waals surface area contributed by atoms with Crippen LogP contribution in [0.2, 0.25) is 0 Å². The molecule has 0 aromatic heterocycles. The van der Waals surface area contributed by atoms with Crippen LogP contribution in [0.3, 0.4) is 0 Å². The molecule has 7 heteroatoms. The van der Waals surface area contributed by atoms with E-state index in [1.807, 2.05) is 60.4 Å². The van der Waals surface area contributed by atoms with Crippen molar-refractivity contribution in [2.45, 2.75) is 32.2 Å². The summed E-state index contributed by atoms with van der Waals surface area (Å²) in [5, 5.41) is 6.86. The number of rotatable bonds is 7. The van der Waals surface area contributed by atoms with E-state index < -0.39 is 0 Å². The van der Waals surface area contributed by atoms with Crippen LogP contribution in [0.5, 0.6) is 11.5 Å². The van der Waals surface area contributed by atoms with Gasteiger partial charge in [-0.1, -0.05) is 12.1 Å². The van der Waals surface area contributed by atoms with E-state index in [-0.39, 0.29) is 11.9 Å². The quantitative estimate of drug-likeness (QED) is 0.650. The fourth-order valence-corrected chi connectivity index (χ4v) is 3.68. The van der Waals surface area contributed by atoms with Gasteiger partial charge in [0.2, 0.25) is 0 Å². The van der Waals surface area contributed by atoms with E-state index in [9.17, 15) is 4.79 Å². The number of amides is 1. The van der Waals surface area contributed by atoms with E-state index in [1.54, 1.807) is 7.11 Å². The Bertz CT molecular complexity index is 851.